The second-order valence-corrected chi connectivity index (χ2v) is 7.07. The van der Waals surface area contributed by atoms with Crippen molar-refractivity contribution in [2.24, 2.45) is 4.99 Å². The van der Waals surface area contributed by atoms with Gasteiger partial charge in [-0.1, -0.05) is 28.1 Å². The number of benzene rings is 2. The van der Waals surface area contributed by atoms with E-state index in [9.17, 15) is 9.90 Å². The van der Waals surface area contributed by atoms with E-state index in [-0.39, 0.29) is 11.7 Å². The average Bonchev–Trinajstić information content (AvgIpc) is 2.90. The SMILES string of the molecule is CCOc1cc(/C=C2\SC(=Nc3cccc(Br)c3)NC2=O)ccc1O. The smallest absolute Gasteiger partial charge is 0.264 e. The van der Waals surface area contributed by atoms with Crippen molar-refractivity contribution >= 4 is 50.5 Å². The Balaban J connectivity index is 1.83. The molecule has 2 N–H and O–H groups in total. The van der Waals surface area contributed by atoms with Gasteiger partial charge in [0.2, 0.25) is 0 Å². The molecule has 2 aromatic carbocycles. The lowest BCUT2D eigenvalue weighted by Crippen LogP contribution is -2.19. The number of phenolic OH excluding ortho intramolecular Hbond substituents is 1. The number of phenols is 1. The standard InChI is InChI=1S/C18H15BrN2O3S/c1-2-24-15-8-11(6-7-14(15)22)9-16-17(23)21-18(25-16)20-13-5-3-4-12(19)10-13/h3-10,22H,2H2,1H3,(H,20,21,23)/b16-9-. The van der Waals surface area contributed by atoms with Crippen LogP contribution in [0, 0.1) is 0 Å². The predicted octanol–water partition coefficient (Wildman–Crippen LogP) is 4.45. The van der Waals surface area contributed by atoms with Gasteiger partial charge in [-0.05, 0) is 60.7 Å². The van der Waals surface area contributed by atoms with E-state index in [0.29, 0.717) is 22.4 Å². The second-order valence-electron chi connectivity index (χ2n) is 5.12. The Kier molecular flexibility index (Phi) is 5.45. The maximum atomic E-state index is 12.2. The molecule has 25 heavy (non-hydrogen) atoms. The molecule has 2 aromatic rings. The first-order valence-corrected chi connectivity index (χ1v) is 9.17. The van der Waals surface area contributed by atoms with Gasteiger partial charge in [-0.2, -0.15) is 0 Å². The maximum absolute atomic E-state index is 12.2. The number of nitrogens with one attached hydrogen (secondary N) is 1. The van der Waals surface area contributed by atoms with E-state index in [1.165, 1.54) is 11.8 Å². The molecule has 3 rings (SSSR count). The first kappa shape index (κ1) is 17.6. The number of hydrogen-bond donors (Lipinski definition) is 2. The van der Waals surface area contributed by atoms with E-state index in [1.54, 1.807) is 24.3 Å². The molecule has 0 atom stereocenters. The molecule has 128 valence electrons. The molecule has 5 nitrogen and oxygen atoms in total. The molecular weight excluding hydrogens is 404 g/mol. The summed E-state index contributed by atoms with van der Waals surface area (Å²) in [6.45, 7) is 2.29. The highest BCUT2D eigenvalue weighted by Gasteiger charge is 2.24. The Morgan fingerprint density at radius 2 is 2.16 bits per heavy atom. The summed E-state index contributed by atoms with van der Waals surface area (Å²) < 4.78 is 6.29. The number of aromatic hydroxyl groups is 1. The maximum Gasteiger partial charge on any atom is 0.264 e. The Morgan fingerprint density at radius 1 is 1.32 bits per heavy atom. The Morgan fingerprint density at radius 3 is 2.92 bits per heavy atom. The van der Waals surface area contributed by atoms with Gasteiger partial charge in [0.25, 0.3) is 5.91 Å². The van der Waals surface area contributed by atoms with Crippen LogP contribution in [0.5, 0.6) is 11.5 Å². The molecular formula is C18H15BrN2O3S. The summed E-state index contributed by atoms with van der Waals surface area (Å²) in [5, 5.41) is 13.0. The van der Waals surface area contributed by atoms with Crippen LogP contribution in [0.4, 0.5) is 5.69 Å². The zero-order chi connectivity index (χ0) is 17.8. The van der Waals surface area contributed by atoms with Crippen molar-refractivity contribution in [3.63, 3.8) is 0 Å². The van der Waals surface area contributed by atoms with Gasteiger partial charge in [0.1, 0.15) is 0 Å². The lowest BCUT2D eigenvalue weighted by atomic mass is 10.2. The van der Waals surface area contributed by atoms with Gasteiger partial charge in [-0.25, -0.2) is 4.99 Å². The number of ether oxygens (including phenoxy) is 1. The number of amidine groups is 1. The van der Waals surface area contributed by atoms with Crippen LogP contribution < -0.4 is 10.1 Å². The van der Waals surface area contributed by atoms with Crippen LogP contribution in [0.2, 0.25) is 0 Å². The average molecular weight is 419 g/mol. The molecule has 0 aromatic heterocycles. The fourth-order valence-corrected chi connectivity index (χ4v) is 3.42. The van der Waals surface area contributed by atoms with Crippen LogP contribution >= 0.6 is 27.7 Å². The highest BCUT2D eigenvalue weighted by molar-refractivity contribution is 9.10. The molecule has 1 aliphatic heterocycles. The molecule has 1 fully saturated rings. The number of hydrogen-bond acceptors (Lipinski definition) is 5. The Labute approximate surface area is 157 Å². The number of nitrogens with zero attached hydrogens (tertiary/aromatic N) is 1. The molecule has 1 heterocycles. The highest BCUT2D eigenvalue weighted by Crippen LogP contribution is 2.32. The third-order valence-electron chi connectivity index (χ3n) is 3.27. The van der Waals surface area contributed by atoms with Crippen molar-refractivity contribution < 1.29 is 14.6 Å². The number of aliphatic imine (C=N–C) groups is 1. The van der Waals surface area contributed by atoms with E-state index in [0.717, 1.165) is 15.7 Å². The summed E-state index contributed by atoms with van der Waals surface area (Å²) in [5.74, 6) is 0.262. The van der Waals surface area contributed by atoms with E-state index in [4.69, 9.17) is 4.74 Å². The molecule has 1 saturated heterocycles. The van der Waals surface area contributed by atoms with Crippen LogP contribution in [0.3, 0.4) is 0 Å². The summed E-state index contributed by atoms with van der Waals surface area (Å²) in [5.41, 5.74) is 1.52. The van der Waals surface area contributed by atoms with Crippen LogP contribution in [-0.2, 0) is 4.79 Å². The van der Waals surface area contributed by atoms with Crippen molar-refractivity contribution in [3.8, 4) is 11.5 Å². The van der Waals surface area contributed by atoms with Crippen molar-refractivity contribution in [1.29, 1.82) is 0 Å². The molecule has 1 amide bonds. The summed E-state index contributed by atoms with van der Waals surface area (Å²) in [4.78, 5) is 17.1. The zero-order valence-electron chi connectivity index (χ0n) is 13.3. The van der Waals surface area contributed by atoms with E-state index < -0.39 is 0 Å². The summed E-state index contributed by atoms with van der Waals surface area (Å²) >= 11 is 4.67. The number of carbonyl (C=O) groups is 1. The quantitative estimate of drug-likeness (QED) is 0.719. The Bertz CT molecular complexity index is 880. The molecule has 1 aliphatic rings. The third kappa shape index (κ3) is 4.43. The summed E-state index contributed by atoms with van der Waals surface area (Å²) in [6.07, 6.45) is 1.74. The van der Waals surface area contributed by atoms with Gasteiger partial charge >= 0.3 is 0 Å². The van der Waals surface area contributed by atoms with Crippen LogP contribution in [-0.4, -0.2) is 22.8 Å². The number of halogens is 1. The number of thioether (sulfide) groups is 1. The minimum atomic E-state index is -0.204. The third-order valence-corrected chi connectivity index (χ3v) is 4.67. The number of rotatable bonds is 4. The van der Waals surface area contributed by atoms with Crippen LogP contribution in [0.15, 0.2) is 56.8 Å². The normalized spacial score (nSPS) is 17.1. The van der Waals surface area contributed by atoms with Gasteiger partial charge < -0.3 is 15.2 Å². The fourth-order valence-electron chi connectivity index (χ4n) is 2.19. The second kappa shape index (κ2) is 7.76. The minimum absolute atomic E-state index is 0.0735. The molecule has 7 heteroatoms. The number of carbonyl (C=O) groups excluding carboxylic acids is 1. The molecule has 0 bridgehead atoms. The van der Waals surface area contributed by atoms with Gasteiger partial charge in [0.15, 0.2) is 16.7 Å². The van der Waals surface area contributed by atoms with Gasteiger partial charge in [-0.15, -0.1) is 0 Å². The molecule has 0 spiro atoms. The van der Waals surface area contributed by atoms with Gasteiger partial charge in [0, 0.05) is 4.47 Å². The topological polar surface area (TPSA) is 70.9 Å². The van der Waals surface area contributed by atoms with Crippen molar-refractivity contribution in [2.75, 3.05) is 6.61 Å². The fraction of sp³-hybridized carbons (Fsp3) is 0.111. The van der Waals surface area contributed by atoms with Crippen LogP contribution in [0.25, 0.3) is 6.08 Å². The number of amides is 1. The summed E-state index contributed by atoms with van der Waals surface area (Å²) in [7, 11) is 0. The zero-order valence-corrected chi connectivity index (χ0v) is 15.7. The highest BCUT2D eigenvalue weighted by atomic mass is 79.9. The molecule has 0 aliphatic carbocycles. The summed E-state index contributed by atoms with van der Waals surface area (Å²) in [6, 6.07) is 12.5. The first-order chi connectivity index (χ1) is 12.0. The van der Waals surface area contributed by atoms with Crippen molar-refractivity contribution in [1.82, 2.24) is 5.32 Å². The molecule has 0 radical (unpaired) electrons. The predicted molar refractivity (Wildman–Crippen MR) is 104 cm³/mol. The van der Waals surface area contributed by atoms with E-state index >= 15 is 0 Å². The lowest BCUT2D eigenvalue weighted by Gasteiger charge is -2.06. The van der Waals surface area contributed by atoms with E-state index in [2.05, 4.69) is 26.2 Å². The first-order valence-electron chi connectivity index (χ1n) is 7.56. The van der Waals surface area contributed by atoms with E-state index in [1.807, 2.05) is 31.2 Å². The lowest BCUT2D eigenvalue weighted by molar-refractivity contribution is -0.115. The van der Waals surface area contributed by atoms with Gasteiger partial charge in [-0.3, -0.25) is 4.79 Å². The Hall–Kier alpha value is -2.25. The van der Waals surface area contributed by atoms with Gasteiger partial charge in [0.05, 0.1) is 17.2 Å². The van der Waals surface area contributed by atoms with Crippen molar-refractivity contribution in [2.45, 2.75) is 6.92 Å². The molecule has 0 unspecified atom stereocenters. The van der Waals surface area contributed by atoms with Crippen molar-refractivity contribution in [3.05, 3.63) is 57.4 Å². The largest absolute Gasteiger partial charge is 0.504 e. The monoisotopic (exact) mass is 418 g/mol. The van der Waals surface area contributed by atoms with Crippen LogP contribution in [0.1, 0.15) is 12.5 Å². The minimum Gasteiger partial charge on any atom is -0.504 e. The molecule has 0 saturated carbocycles.